The van der Waals surface area contributed by atoms with Crippen LogP contribution < -0.4 is 5.32 Å². The molecule has 16 heavy (non-hydrogen) atoms. The molecular weight excluding hydrogens is 270 g/mol. The summed E-state index contributed by atoms with van der Waals surface area (Å²) in [6.07, 6.45) is 0.665. The standard InChI is InChI=1S/C12H16BrNO2/c1-9(14-7-2-8-15)12(16)10-3-5-11(13)6-4-10/h3-6,9,14-15H,2,7-8H2,1H3. The van der Waals surface area contributed by atoms with E-state index in [1.165, 1.54) is 0 Å². The van der Waals surface area contributed by atoms with Gasteiger partial charge < -0.3 is 10.4 Å². The highest BCUT2D eigenvalue weighted by molar-refractivity contribution is 9.10. The normalized spacial score (nSPS) is 12.4. The minimum atomic E-state index is -0.215. The van der Waals surface area contributed by atoms with Crippen LogP contribution in [0.25, 0.3) is 0 Å². The minimum absolute atomic E-state index is 0.0745. The second kappa shape index (κ2) is 6.78. The number of nitrogens with one attached hydrogen (secondary N) is 1. The molecule has 0 spiro atoms. The molecule has 3 nitrogen and oxygen atoms in total. The highest BCUT2D eigenvalue weighted by atomic mass is 79.9. The van der Waals surface area contributed by atoms with Crippen molar-refractivity contribution in [2.75, 3.05) is 13.2 Å². The molecule has 2 N–H and O–H groups in total. The highest BCUT2D eigenvalue weighted by Crippen LogP contribution is 2.11. The maximum Gasteiger partial charge on any atom is 0.179 e. The van der Waals surface area contributed by atoms with Gasteiger partial charge in [-0.1, -0.05) is 28.1 Å². The lowest BCUT2D eigenvalue weighted by Crippen LogP contribution is -2.34. The second-order valence-electron chi connectivity index (χ2n) is 3.62. The summed E-state index contributed by atoms with van der Waals surface area (Å²) in [5.74, 6) is 0.0745. The van der Waals surface area contributed by atoms with Crippen LogP contribution >= 0.6 is 15.9 Å². The first kappa shape index (κ1) is 13.4. The van der Waals surface area contributed by atoms with E-state index < -0.39 is 0 Å². The third-order valence-corrected chi connectivity index (χ3v) is 2.84. The molecule has 0 radical (unpaired) electrons. The molecule has 1 aromatic rings. The summed E-state index contributed by atoms with van der Waals surface area (Å²) in [5, 5.41) is 11.7. The first-order chi connectivity index (χ1) is 7.65. The van der Waals surface area contributed by atoms with Gasteiger partial charge in [0.25, 0.3) is 0 Å². The van der Waals surface area contributed by atoms with Crippen molar-refractivity contribution in [3.8, 4) is 0 Å². The van der Waals surface area contributed by atoms with Crippen molar-refractivity contribution in [2.24, 2.45) is 0 Å². The Morgan fingerprint density at radius 3 is 2.62 bits per heavy atom. The van der Waals surface area contributed by atoms with E-state index in [2.05, 4.69) is 21.2 Å². The molecule has 1 rings (SSSR count). The van der Waals surface area contributed by atoms with Gasteiger partial charge >= 0.3 is 0 Å². The highest BCUT2D eigenvalue weighted by Gasteiger charge is 2.13. The number of rotatable bonds is 6. The summed E-state index contributed by atoms with van der Waals surface area (Å²) in [6.45, 7) is 2.63. The molecule has 0 fully saturated rings. The summed E-state index contributed by atoms with van der Waals surface area (Å²) in [4.78, 5) is 11.9. The van der Waals surface area contributed by atoms with E-state index in [1.807, 2.05) is 19.1 Å². The molecular formula is C12H16BrNO2. The molecule has 0 bridgehead atoms. The summed E-state index contributed by atoms with van der Waals surface area (Å²) >= 11 is 3.33. The quantitative estimate of drug-likeness (QED) is 0.621. The Kier molecular flexibility index (Phi) is 5.66. The van der Waals surface area contributed by atoms with Gasteiger partial charge in [0.05, 0.1) is 6.04 Å². The van der Waals surface area contributed by atoms with Crippen LogP contribution in [0.5, 0.6) is 0 Å². The van der Waals surface area contributed by atoms with Crippen LogP contribution in [0, 0.1) is 0 Å². The number of aliphatic hydroxyl groups excluding tert-OH is 1. The van der Waals surface area contributed by atoms with Gasteiger partial charge in [-0.2, -0.15) is 0 Å². The molecule has 0 aliphatic heterocycles. The van der Waals surface area contributed by atoms with Crippen molar-refractivity contribution in [1.29, 1.82) is 0 Å². The van der Waals surface area contributed by atoms with Crippen molar-refractivity contribution in [3.05, 3.63) is 34.3 Å². The summed E-state index contributed by atoms with van der Waals surface area (Å²) in [6, 6.07) is 7.10. The molecule has 1 unspecified atom stereocenters. The van der Waals surface area contributed by atoms with Gasteiger partial charge in [0.1, 0.15) is 0 Å². The van der Waals surface area contributed by atoms with Crippen LogP contribution in [0.2, 0.25) is 0 Å². The van der Waals surface area contributed by atoms with E-state index in [-0.39, 0.29) is 18.4 Å². The summed E-state index contributed by atoms with van der Waals surface area (Å²) in [7, 11) is 0. The lowest BCUT2D eigenvalue weighted by Gasteiger charge is -2.12. The molecule has 1 aromatic carbocycles. The van der Waals surface area contributed by atoms with Gasteiger partial charge in [0, 0.05) is 16.6 Å². The Bertz CT molecular complexity index is 337. The van der Waals surface area contributed by atoms with E-state index in [0.29, 0.717) is 18.5 Å². The zero-order chi connectivity index (χ0) is 12.0. The molecule has 0 aromatic heterocycles. The van der Waals surface area contributed by atoms with E-state index in [0.717, 1.165) is 4.47 Å². The number of carbonyl (C=O) groups is 1. The predicted molar refractivity (Wildman–Crippen MR) is 67.6 cm³/mol. The topological polar surface area (TPSA) is 49.3 Å². The summed E-state index contributed by atoms with van der Waals surface area (Å²) in [5.41, 5.74) is 0.701. The van der Waals surface area contributed by atoms with Gasteiger partial charge in [-0.05, 0) is 32.0 Å². The Balaban J connectivity index is 2.53. The largest absolute Gasteiger partial charge is 0.396 e. The Labute approximate surface area is 104 Å². The predicted octanol–water partition coefficient (Wildman–Crippen LogP) is 1.99. The smallest absolute Gasteiger partial charge is 0.179 e. The van der Waals surface area contributed by atoms with Crippen molar-refractivity contribution in [1.82, 2.24) is 5.32 Å². The zero-order valence-electron chi connectivity index (χ0n) is 9.24. The minimum Gasteiger partial charge on any atom is -0.396 e. The number of benzene rings is 1. The molecule has 0 amide bonds. The average Bonchev–Trinajstić information content (AvgIpc) is 2.29. The molecule has 88 valence electrons. The van der Waals surface area contributed by atoms with Crippen LogP contribution in [-0.2, 0) is 0 Å². The fourth-order valence-electron chi connectivity index (χ4n) is 1.35. The Morgan fingerprint density at radius 1 is 1.44 bits per heavy atom. The van der Waals surface area contributed by atoms with E-state index in [4.69, 9.17) is 5.11 Å². The van der Waals surface area contributed by atoms with Gasteiger partial charge in [0.15, 0.2) is 5.78 Å². The number of carbonyl (C=O) groups excluding carboxylic acids is 1. The van der Waals surface area contributed by atoms with Crippen LogP contribution in [0.15, 0.2) is 28.7 Å². The van der Waals surface area contributed by atoms with Gasteiger partial charge in [-0.25, -0.2) is 0 Å². The first-order valence-electron chi connectivity index (χ1n) is 5.29. The monoisotopic (exact) mass is 285 g/mol. The maximum absolute atomic E-state index is 11.9. The third kappa shape index (κ3) is 4.04. The van der Waals surface area contributed by atoms with Crippen LogP contribution in [0.4, 0.5) is 0 Å². The first-order valence-corrected chi connectivity index (χ1v) is 6.08. The van der Waals surface area contributed by atoms with E-state index in [9.17, 15) is 4.79 Å². The molecule has 0 saturated carbocycles. The molecule has 0 saturated heterocycles. The van der Waals surface area contributed by atoms with Crippen LogP contribution in [0.3, 0.4) is 0 Å². The molecule has 0 aliphatic rings. The fourth-order valence-corrected chi connectivity index (χ4v) is 1.62. The van der Waals surface area contributed by atoms with Crippen molar-refractivity contribution in [2.45, 2.75) is 19.4 Å². The number of Topliss-reactive ketones (excluding diaryl/α,β-unsaturated/α-hetero) is 1. The SMILES string of the molecule is CC(NCCCO)C(=O)c1ccc(Br)cc1. The van der Waals surface area contributed by atoms with E-state index in [1.54, 1.807) is 12.1 Å². The molecule has 1 atom stereocenters. The lowest BCUT2D eigenvalue weighted by molar-refractivity contribution is 0.0950. The maximum atomic E-state index is 11.9. The Hall–Kier alpha value is -0.710. The number of hydrogen-bond acceptors (Lipinski definition) is 3. The molecule has 0 aliphatic carbocycles. The number of aliphatic hydroxyl groups is 1. The fraction of sp³-hybridized carbons (Fsp3) is 0.417. The van der Waals surface area contributed by atoms with Crippen molar-refractivity contribution < 1.29 is 9.90 Å². The number of ketones is 1. The van der Waals surface area contributed by atoms with Crippen molar-refractivity contribution in [3.63, 3.8) is 0 Å². The number of hydrogen-bond donors (Lipinski definition) is 2. The van der Waals surface area contributed by atoms with Crippen LogP contribution in [-0.4, -0.2) is 30.1 Å². The van der Waals surface area contributed by atoms with Crippen molar-refractivity contribution >= 4 is 21.7 Å². The van der Waals surface area contributed by atoms with Gasteiger partial charge in [0.2, 0.25) is 0 Å². The van der Waals surface area contributed by atoms with Gasteiger partial charge in [-0.15, -0.1) is 0 Å². The third-order valence-electron chi connectivity index (χ3n) is 2.31. The average molecular weight is 286 g/mol. The summed E-state index contributed by atoms with van der Waals surface area (Å²) < 4.78 is 0.963. The van der Waals surface area contributed by atoms with Crippen LogP contribution in [0.1, 0.15) is 23.7 Å². The zero-order valence-corrected chi connectivity index (χ0v) is 10.8. The molecule has 4 heteroatoms. The lowest BCUT2D eigenvalue weighted by atomic mass is 10.1. The van der Waals surface area contributed by atoms with E-state index >= 15 is 0 Å². The van der Waals surface area contributed by atoms with Gasteiger partial charge in [-0.3, -0.25) is 4.79 Å². The number of halogens is 1. The molecule has 0 heterocycles. The Morgan fingerprint density at radius 2 is 2.06 bits per heavy atom. The second-order valence-corrected chi connectivity index (χ2v) is 4.54.